The van der Waals surface area contributed by atoms with E-state index < -0.39 is 0 Å². The van der Waals surface area contributed by atoms with Gasteiger partial charge in [-0.05, 0) is 36.4 Å². The summed E-state index contributed by atoms with van der Waals surface area (Å²) in [5.74, 6) is -0.540. The number of carbonyl (C=O) groups is 2. The lowest BCUT2D eigenvalue weighted by Gasteiger charge is -2.08. The second-order valence-electron chi connectivity index (χ2n) is 4.68. The van der Waals surface area contributed by atoms with Crippen molar-refractivity contribution in [2.45, 2.75) is 0 Å². The lowest BCUT2D eigenvalue weighted by molar-refractivity contribution is 0.0693. The van der Waals surface area contributed by atoms with Gasteiger partial charge in [0.2, 0.25) is 0 Å². The first-order chi connectivity index (χ1) is 9.56. The van der Waals surface area contributed by atoms with Crippen molar-refractivity contribution in [3.05, 3.63) is 53.6 Å². The van der Waals surface area contributed by atoms with Crippen molar-refractivity contribution in [3.8, 4) is 0 Å². The molecule has 0 bridgehead atoms. The zero-order chi connectivity index (χ0) is 14.3. The molecule has 2 aromatic carbocycles. The first-order valence-corrected chi connectivity index (χ1v) is 6.15. The lowest BCUT2D eigenvalue weighted by atomic mass is 10.1. The van der Waals surface area contributed by atoms with Gasteiger partial charge in [-0.3, -0.25) is 14.5 Å². The zero-order valence-electron chi connectivity index (χ0n) is 10.9. The van der Waals surface area contributed by atoms with Crippen molar-refractivity contribution in [1.82, 2.24) is 4.90 Å². The topological polar surface area (TPSA) is 75.4 Å². The van der Waals surface area contributed by atoms with E-state index in [1.807, 2.05) is 12.1 Å². The number of nitrogens with one attached hydrogen (secondary N) is 1. The maximum absolute atomic E-state index is 11.9. The Hall–Kier alpha value is -2.82. The lowest BCUT2D eigenvalue weighted by Crippen LogP contribution is -2.24. The van der Waals surface area contributed by atoms with Crippen molar-refractivity contribution in [2.75, 3.05) is 18.1 Å². The minimum absolute atomic E-state index is 0.263. The summed E-state index contributed by atoms with van der Waals surface area (Å²) in [7, 11) is 1.48. The summed E-state index contributed by atoms with van der Waals surface area (Å²) in [6, 6.07) is 12.4. The van der Waals surface area contributed by atoms with E-state index in [2.05, 4.69) is 5.32 Å². The van der Waals surface area contributed by atoms with E-state index in [0.717, 1.165) is 16.3 Å². The molecule has 0 unspecified atom stereocenters. The Morgan fingerprint density at radius 1 is 0.950 bits per heavy atom. The molecule has 1 aliphatic rings. The molecule has 0 atom stereocenters. The third kappa shape index (κ3) is 1.89. The van der Waals surface area contributed by atoms with E-state index in [1.54, 1.807) is 30.3 Å². The normalized spacial score (nSPS) is 13.6. The fourth-order valence-corrected chi connectivity index (χ4v) is 2.22. The number of nitrogens with two attached hydrogens (primary N) is 1. The van der Waals surface area contributed by atoms with Gasteiger partial charge >= 0.3 is 0 Å². The molecule has 0 saturated carbocycles. The Morgan fingerprint density at radius 2 is 1.65 bits per heavy atom. The van der Waals surface area contributed by atoms with Gasteiger partial charge in [0, 0.05) is 24.1 Å². The summed E-state index contributed by atoms with van der Waals surface area (Å²) in [5.41, 5.74) is 8.80. The highest BCUT2D eigenvalue weighted by atomic mass is 16.2. The Balaban J connectivity index is 1.95. The molecule has 5 heteroatoms. The van der Waals surface area contributed by atoms with Crippen LogP contribution in [0.5, 0.6) is 0 Å². The fourth-order valence-electron chi connectivity index (χ4n) is 2.22. The molecule has 20 heavy (non-hydrogen) atoms. The van der Waals surface area contributed by atoms with Crippen LogP contribution in [-0.4, -0.2) is 23.8 Å². The molecule has 0 fully saturated rings. The third-order valence-corrected chi connectivity index (χ3v) is 3.26. The highest BCUT2D eigenvalue weighted by Crippen LogP contribution is 2.26. The molecule has 0 aromatic heterocycles. The average molecular weight is 267 g/mol. The number of nitrogens with zero attached hydrogens (tertiary/aromatic N) is 1. The van der Waals surface area contributed by atoms with Gasteiger partial charge in [-0.2, -0.15) is 0 Å². The van der Waals surface area contributed by atoms with Crippen molar-refractivity contribution >= 4 is 28.9 Å². The minimum atomic E-state index is -0.277. The SMILES string of the molecule is CN1C(=O)c2ccc(Nc3cccc(N)c3)cc2C1=O. The van der Waals surface area contributed by atoms with Gasteiger partial charge in [-0.1, -0.05) is 6.07 Å². The van der Waals surface area contributed by atoms with E-state index in [-0.39, 0.29) is 11.8 Å². The van der Waals surface area contributed by atoms with E-state index in [4.69, 9.17) is 5.73 Å². The van der Waals surface area contributed by atoms with Crippen LogP contribution in [0.1, 0.15) is 20.7 Å². The number of anilines is 3. The van der Waals surface area contributed by atoms with Gasteiger partial charge in [-0.25, -0.2) is 0 Å². The molecule has 0 spiro atoms. The van der Waals surface area contributed by atoms with Crippen LogP contribution in [0.25, 0.3) is 0 Å². The molecule has 0 radical (unpaired) electrons. The molecular weight excluding hydrogens is 254 g/mol. The molecular formula is C15H13N3O2. The molecule has 1 heterocycles. The summed E-state index contributed by atoms with van der Waals surface area (Å²) in [6.45, 7) is 0. The van der Waals surface area contributed by atoms with Crippen molar-refractivity contribution in [1.29, 1.82) is 0 Å². The highest BCUT2D eigenvalue weighted by Gasteiger charge is 2.32. The van der Waals surface area contributed by atoms with E-state index in [1.165, 1.54) is 7.05 Å². The maximum atomic E-state index is 11.9. The number of fused-ring (bicyclic) bond motifs is 1. The van der Waals surface area contributed by atoms with E-state index in [9.17, 15) is 9.59 Å². The Kier molecular flexibility index (Phi) is 2.68. The number of carbonyl (C=O) groups excluding carboxylic acids is 2. The number of amides is 2. The molecule has 3 rings (SSSR count). The fraction of sp³-hybridized carbons (Fsp3) is 0.0667. The van der Waals surface area contributed by atoms with Crippen LogP contribution in [0.3, 0.4) is 0 Å². The van der Waals surface area contributed by atoms with Gasteiger partial charge in [0.1, 0.15) is 0 Å². The quantitative estimate of drug-likeness (QED) is 0.646. The highest BCUT2D eigenvalue weighted by molar-refractivity contribution is 6.21. The number of rotatable bonds is 2. The molecule has 2 aromatic rings. The maximum Gasteiger partial charge on any atom is 0.261 e. The van der Waals surface area contributed by atoms with Gasteiger partial charge < -0.3 is 11.1 Å². The third-order valence-electron chi connectivity index (χ3n) is 3.26. The van der Waals surface area contributed by atoms with Crippen molar-refractivity contribution in [3.63, 3.8) is 0 Å². The molecule has 5 nitrogen and oxygen atoms in total. The summed E-state index contributed by atoms with van der Waals surface area (Å²) < 4.78 is 0. The Labute approximate surface area is 116 Å². The van der Waals surface area contributed by atoms with Crippen LogP contribution in [0.2, 0.25) is 0 Å². The molecule has 100 valence electrons. The first kappa shape index (κ1) is 12.2. The molecule has 2 amide bonds. The Morgan fingerprint density at radius 3 is 2.40 bits per heavy atom. The largest absolute Gasteiger partial charge is 0.399 e. The van der Waals surface area contributed by atoms with E-state index in [0.29, 0.717) is 16.8 Å². The predicted octanol–water partition coefficient (Wildman–Crippen LogP) is 2.24. The number of hydrogen-bond acceptors (Lipinski definition) is 4. The summed E-state index contributed by atoms with van der Waals surface area (Å²) in [6.07, 6.45) is 0. The molecule has 1 aliphatic heterocycles. The Bertz CT molecular complexity index is 725. The standard InChI is InChI=1S/C15H13N3O2/c1-18-14(19)12-6-5-11(8-13(12)15(18)20)17-10-4-2-3-9(16)7-10/h2-8,17H,16H2,1H3. The number of nitrogen functional groups attached to an aromatic ring is 1. The van der Waals surface area contributed by atoms with Crippen molar-refractivity contribution in [2.24, 2.45) is 0 Å². The van der Waals surface area contributed by atoms with Gasteiger partial charge in [0.05, 0.1) is 11.1 Å². The first-order valence-electron chi connectivity index (χ1n) is 6.15. The van der Waals surface area contributed by atoms with Crippen LogP contribution in [0.15, 0.2) is 42.5 Å². The second-order valence-corrected chi connectivity index (χ2v) is 4.68. The number of hydrogen-bond donors (Lipinski definition) is 2. The summed E-state index contributed by atoms with van der Waals surface area (Å²) in [4.78, 5) is 24.8. The van der Waals surface area contributed by atoms with Crippen LogP contribution >= 0.6 is 0 Å². The van der Waals surface area contributed by atoms with Gasteiger partial charge in [0.25, 0.3) is 11.8 Å². The number of benzene rings is 2. The van der Waals surface area contributed by atoms with Gasteiger partial charge in [-0.15, -0.1) is 0 Å². The minimum Gasteiger partial charge on any atom is -0.399 e. The van der Waals surface area contributed by atoms with Crippen molar-refractivity contribution < 1.29 is 9.59 Å². The molecule has 0 saturated heterocycles. The predicted molar refractivity (Wildman–Crippen MR) is 77.0 cm³/mol. The summed E-state index contributed by atoms with van der Waals surface area (Å²) >= 11 is 0. The second kappa shape index (κ2) is 4.38. The van der Waals surface area contributed by atoms with Crippen LogP contribution < -0.4 is 11.1 Å². The monoisotopic (exact) mass is 267 g/mol. The van der Waals surface area contributed by atoms with Crippen LogP contribution in [0, 0.1) is 0 Å². The smallest absolute Gasteiger partial charge is 0.261 e. The molecule has 0 aliphatic carbocycles. The van der Waals surface area contributed by atoms with Crippen LogP contribution in [-0.2, 0) is 0 Å². The van der Waals surface area contributed by atoms with E-state index >= 15 is 0 Å². The summed E-state index contributed by atoms with van der Waals surface area (Å²) in [5, 5.41) is 3.16. The van der Waals surface area contributed by atoms with Crippen LogP contribution in [0.4, 0.5) is 17.1 Å². The zero-order valence-corrected chi connectivity index (χ0v) is 10.9. The molecule has 3 N–H and O–H groups in total. The average Bonchev–Trinajstić information content (AvgIpc) is 2.64. The van der Waals surface area contributed by atoms with Gasteiger partial charge in [0.15, 0.2) is 0 Å². The number of imide groups is 1.